The summed E-state index contributed by atoms with van der Waals surface area (Å²) in [7, 11) is 0. The summed E-state index contributed by atoms with van der Waals surface area (Å²) in [4.78, 5) is 2.55. The molecule has 48 valence electrons. The van der Waals surface area contributed by atoms with Gasteiger partial charge in [0.25, 0.3) is 0 Å². The smallest absolute Gasteiger partial charge is 0.176 e. The molecule has 9 heavy (non-hydrogen) atoms. The lowest BCUT2D eigenvalue weighted by atomic mass is 10.4. The van der Waals surface area contributed by atoms with Gasteiger partial charge in [0, 0.05) is 18.0 Å². The van der Waals surface area contributed by atoms with Crippen LogP contribution in [-0.4, -0.2) is 13.1 Å². The number of rotatable bonds is 4. The fourth-order valence-corrected chi connectivity index (χ4v) is 0.339. The summed E-state index contributed by atoms with van der Waals surface area (Å²) in [5.74, 6) is 0. The van der Waals surface area contributed by atoms with Crippen molar-refractivity contribution < 1.29 is 0 Å². The van der Waals surface area contributed by atoms with Crippen LogP contribution < -0.4 is 5.32 Å². The van der Waals surface area contributed by atoms with Gasteiger partial charge in [0.2, 0.25) is 0 Å². The van der Waals surface area contributed by atoms with Gasteiger partial charge < -0.3 is 5.32 Å². The van der Waals surface area contributed by atoms with Gasteiger partial charge in [-0.2, -0.15) is 5.26 Å². The first-order chi connectivity index (χ1) is 4.41. The van der Waals surface area contributed by atoms with Crippen molar-refractivity contribution in [3.63, 3.8) is 0 Å². The van der Waals surface area contributed by atoms with Crippen molar-refractivity contribution in [3.8, 4) is 6.19 Å². The molecule has 0 bridgehead atoms. The van der Waals surface area contributed by atoms with Crippen molar-refractivity contribution in [1.82, 2.24) is 5.32 Å². The SMILES string of the molecule is N#CNCCCN=[N+]=[N-]. The fraction of sp³-hybridized carbons (Fsp3) is 0.750. The Balaban J connectivity index is 2.93. The molecule has 0 atom stereocenters. The van der Waals surface area contributed by atoms with E-state index in [1.165, 1.54) is 0 Å². The van der Waals surface area contributed by atoms with Crippen molar-refractivity contribution >= 4 is 0 Å². The van der Waals surface area contributed by atoms with E-state index in [4.69, 9.17) is 10.8 Å². The molecule has 0 aromatic heterocycles. The normalized spacial score (nSPS) is 7.00. The number of nitriles is 1. The highest BCUT2D eigenvalue weighted by atomic mass is 15.1. The van der Waals surface area contributed by atoms with Gasteiger partial charge >= 0.3 is 0 Å². The highest BCUT2D eigenvalue weighted by Gasteiger charge is 1.80. The Morgan fingerprint density at radius 1 is 1.78 bits per heavy atom. The van der Waals surface area contributed by atoms with Crippen molar-refractivity contribution in [2.45, 2.75) is 6.42 Å². The third-order valence-electron chi connectivity index (χ3n) is 0.702. The minimum absolute atomic E-state index is 0.450. The van der Waals surface area contributed by atoms with Crippen LogP contribution >= 0.6 is 0 Å². The average molecular weight is 125 g/mol. The van der Waals surface area contributed by atoms with Gasteiger partial charge in [0.1, 0.15) is 0 Å². The lowest BCUT2D eigenvalue weighted by Gasteiger charge is -1.89. The Hall–Kier alpha value is -1.40. The monoisotopic (exact) mass is 125 g/mol. The Labute approximate surface area is 52.9 Å². The highest BCUT2D eigenvalue weighted by molar-refractivity contribution is 4.64. The largest absolute Gasteiger partial charge is 0.324 e. The van der Waals surface area contributed by atoms with Crippen LogP contribution in [0.15, 0.2) is 5.11 Å². The van der Waals surface area contributed by atoms with E-state index in [0.29, 0.717) is 19.5 Å². The summed E-state index contributed by atoms with van der Waals surface area (Å²) in [5.41, 5.74) is 7.80. The molecule has 5 heteroatoms. The molecule has 0 aliphatic rings. The molecule has 5 nitrogen and oxygen atoms in total. The molecular formula is C4H7N5. The first kappa shape index (κ1) is 7.60. The quantitative estimate of drug-likeness (QED) is 0.150. The third-order valence-corrected chi connectivity index (χ3v) is 0.702. The van der Waals surface area contributed by atoms with Gasteiger partial charge in [-0.15, -0.1) is 0 Å². The van der Waals surface area contributed by atoms with Crippen LogP contribution in [0.4, 0.5) is 0 Å². The van der Waals surface area contributed by atoms with Crippen LogP contribution in [0.1, 0.15) is 6.42 Å². The molecule has 0 fully saturated rings. The number of nitrogens with zero attached hydrogens (tertiary/aromatic N) is 4. The van der Waals surface area contributed by atoms with Crippen LogP contribution in [0.25, 0.3) is 10.4 Å². The zero-order valence-corrected chi connectivity index (χ0v) is 4.91. The fourth-order valence-electron chi connectivity index (χ4n) is 0.339. The molecule has 1 N–H and O–H groups in total. The molecule has 0 aromatic rings. The molecule has 0 saturated carbocycles. The summed E-state index contributed by atoms with van der Waals surface area (Å²) in [5, 5.41) is 13.7. The van der Waals surface area contributed by atoms with Gasteiger partial charge in [0.15, 0.2) is 6.19 Å². The second-order valence-electron chi connectivity index (χ2n) is 1.35. The van der Waals surface area contributed by atoms with Crippen LogP contribution in [0, 0.1) is 11.5 Å². The zero-order valence-electron chi connectivity index (χ0n) is 4.91. The Morgan fingerprint density at radius 3 is 3.11 bits per heavy atom. The first-order valence-electron chi connectivity index (χ1n) is 2.54. The summed E-state index contributed by atoms with van der Waals surface area (Å²) in [6.07, 6.45) is 2.47. The van der Waals surface area contributed by atoms with Gasteiger partial charge in [0.05, 0.1) is 0 Å². The zero-order chi connectivity index (χ0) is 6.95. The molecule has 0 unspecified atom stereocenters. The molecule has 0 aliphatic heterocycles. The van der Waals surface area contributed by atoms with Crippen LogP contribution in [0.2, 0.25) is 0 Å². The number of nitrogens with one attached hydrogen (secondary N) is 1. The van der Waals surface area contributed by atoms with Gasteiger partial charge in [-0.25, -0.2) is 0 Å². The number of hydrogen-bond acceptors (Lipinski definition) is 3. The van der Waals surface area contributed by atoms with E-state index in [1.807, 2.05) is 0 Å². The molecule has 0 saturated heterocycles. The Kier molecular flexibility index (Phi) is 5.57. The van der Waals surface area contributed by atoms with Crippen LogP contribution in [0.3, 0.4) is 0 Å². The van der Waals surface area contributed by atoms with E-state index < -0.39 is 0 Å². The van der Waals surface area contributed by atoms with E-state index in [1.54, 1.807) is 6.19 Å². The molecule has 0 heterocycles. The Bertz CT molecular complexity index is 140. The molecule has 0 radical (unpaired) electrons. The van der Waals surface area contributed by atoms with Crippen molar-refractivity contribution in [1.29, 1.82) is 5.26 Å². The molecule has 0 aromatic carbocycles. The summed E-state index contributed by atoms with van der Waals surface area (Å²) in [6.45, 7) is 1.03. The molecular weight excluding hydrogens is 118 g/mol. The number of hydrogen-bond donors (Lipinski definition) is 1. The summed E-state index contributed by atoms with van der Waals surface area (Å²) >= 11 is 0. The minimum Gasteiger partial charge on any atom is -0.324 e. The van der Waals surface area contributed by atoms with E-state index in [2.05, 4.69) is 15.3 Å². The van der Waals surface area contributed by atoms with Crippen molar-refractivity contribution in [2.24, 2.45) is 5.11 Å². The average Bonchev–Trinajstić information content (AvgIpc) is 1.89. The third kappa shape index (κ3) is 6.60. The topological polar surface area (TPSA) is 84.6 Å². The van der Waals surface area contributed by atoms with Crippen molar-refractivity contribution in [3.05, 3.63) is 10.4 Å². The van der Waals surface area contributed by atoms with Crippen LogP contribution in [0.5, 0.6) is 0 Å². The maximum Gasteiger partial charge on any atom is 0.176 e. The van der Waals surface area contributed by atoms with E-state index >= 15 is 0 Å². The standard InChI is InChI=1S/C4H7N5/c5-4-7-2-1-3-8-9-6/h7H,1-3H2. The number of azide groups is 1. The second-order valence-corrected chi connectivity index (χ2v) is 1.35. The van der Waals surface area contributed by atoms with Gasteiger partial charge in [-0.05, 0) is 12.0 Å². The van der Waals surface area contributed by atoms with Crippen molar-refractivity contribution in [2.75, 3.05) is 13.1 Å². The van der Waals surface area contributed by atoms with Gasteiger partial charge in [-0.1, -0.05) is 5.11 Å². The maximum absolute atomic E-state index is 7.96. The summed E-state index contributed by atoms with van der Waals surface area (Å²) in [6, 6.07) is 0. The minimum atomic E-state index is 0.450. The molecule has 0 spiro atoms. The van der Waals surface area contributed by atoms with Crippen LogP contribution in [-0.2, 0) is 0 Å². The first-order valence-corrected chi connectivity index (χ1v) is 2.54. The van der Waals surface area contributed by atoms with E-state index in [0.717, 1.165) is 0 Å². The summed E-state index contributed by atoms with van der Waals surface area (Å²) < 4.78 is 0. The highest BCUT2D eigenvalue weighted by Crippen LogP contribution is 1.77. The lowest BCUT2D eigenvalue weighted by molar-refractivity contribution is 0.766. The Morgan fingerprint density at radius 2 is 2.56 bits per heavy atom. The maximum atomic E-state index is 7.96. The molecule has 0 rings (SSSR count). The molecule has 0 aliphatic carbocycles. The van der Waals surface area contributed by atoms with E-state index in [9.17, 15) is 0 Å². The molecule has 0 amide bonds. The van der Waals surface area contributed by atoms with Gasteiger partial charge in [-0.3, -0.25) is 0 Å². The second kappa shape index (κ2) is 6.60. The predicted octanol–water partition coefficient (Wildman–Crippen LogP) is 0.757. The van der Waals surface area contributed by atoms with E-state index in [-0.39, 0.29) is 0 Å². The predicted molar refractivity (Wildman–Crippen MR) is 32.2 cm³/mol. The lowest BCUT2D eigenvalue weighted by Crippen LogP contribution is -2.07.